The lowest BCUT2D eigenvalue weighted by molar-refractivity contribution is 0.0574. The highest BCUT2D eigenvalue weighted by atomic mass is 127. The molecule has 1 aromatic rings. The highest BCUT2D eigenvalue weighted by Crippen LogP contribution is 2.30. The standard InChI is InChI=1S/C22H36N4O3.HI/c1-23-22(24-10-6-12-29-19-7-4-5-8-19)25-17-9-11-26(16-17)18-13-20(27-2)15-21(14-18)28-3;/h13-15,17,19H,4-12,16H2,1-3H3,(H2,23,24,25);1H. The fraction of sp³-hybridized carbons (Fsp3) is 0.682. The lowest BCUT2D eigenvalue weighted by atomic mass is 10.2. The number of benzene rings is 1. The molecule has 30 heavy (non-hydrogen) atoms. The van der Waals surface area contributed by atoms with Crippen LogP contribution in [-0.2, 0) is 4.74 Å². The van der Waals surface area contributed by atoms with Gasteiger partial charge < -0.3 is 29.7 Å². The summed E-state index contributed by atoms with van der Waals surface area (Å²) < 4.78 is 16.7. The van der Waals surface area contributed by atoms with Crippen LogP contribution in [0.1, 0.15) is 38.5 Å². The summed E-state index contributed by atoms with van der Waals surface area (Å²) in [5.74, 6) is 2.49. The van der Waals surface area contributed by atoms with Crippen LogP contribution in [0.15, 0.2) is 23.2 Å². The van der Waals surface area contributed by atoms with Gasteiger partial charge in [-0.1, -0.05) is 12.8 Å². The van der Waals surface area contributed by atoms with Crippen LogP contribution < -0.4 is 25.0 Å². The predicted octanol–water partition coefficient (Wildman–Crippen LogP) is 3.41. The van der Waals surface area contributed by atoms with E-state index < -0.39 is 0 Å². The van der Waals surface area contributed by atoms with E-state index in [9.17, 15) is 0 Å². The van der Waals surface area contributed by atoms with Gasteiger partial charge >= 0.3 is 0 Å². The van der Waals surface area contributed by atoms with Gasteiger partial charge in [0.05, 0.1) is 20.3 Å². The van der Waals surface area contributed by atoms with Crippen molar-refractivity contribution in [2.45, 2.75) is 50.7 Å². The quantitative estimate of drug-likeness (QED) is 0.220. The Morgan fingerprint density at radius 3 is 2.43 bits per heavy atom. The summed E-state index contributed by atoms with van der Waals surface area (Å²) in [6.07, 6.45) is 7.65. The normalized spacial score (nSPS) is 19.5. The molecule has 1 unspecified atom stereocenters. The molecule has 1 heterocycles. The summed E-state index contributed by atoms with van der Waals surface area (Å²) in [6, 6.07) is 6.37. The van der Waals surface area contributed by atoms with E-state index in [1.54, 1.807) is 14.2 Å². The van der Waals surface area contributed by atoms with E-state index in [0.29, 0.717) is 12.1 Å². The summed E-state index contributed by atoms with van der Waals surface area (Å²) >= 11 is 0. The maximum atomic E-state index is 5.93. The van der Waals surface area contributed by atoms with Crippen LogP contribution in [0.25, 0.3) is 0 Å². The van der Waals surface area contributed by atoms with E-state index in [2.05, 4.69) is 32.7 Å². The lowest BCUT2D eigenvalue weighted by Gasteiger charge is -2.21. The Balaban J connectivity index is 0.00000320. The number of aliphatic imine (C=N–C) groups is 1. The summed E-state index contributed by atoms with van der Waals surface area (Å²) in [4.78, 5) is 6.73. The zero-order valence-corrected chi connectivity index (χ0v) is 20.8. The number of nitrogens with zero attached hydrogens (tertiary/aromatic N) is 2. The molecule has 0 amide bonds. The monoisotopic (exact) mass is 532 g/mol. The summed E-state index contributed by atoms with van der Waals surface area (Å²) in [5.41, 5.74) is 1.12. The first-order valence-corrected chi connectivity index (χ1v) is 10.8. The Hall–Kier alpha value is -1.42. The Morgan fingerprint density at radius 1 is 1.10 bits per heavy atom. The second-order valence-electron chi connectivity index (χ2n) is 7.78. The minimum absolute atomic E-state index is 0. The van der Waals surface area contributed by atoms with Crippen LogP contribution in [0.4, 0.5) is 5.69 Å². The minimum atomic E-state index is 0. The number of guanidine groups is 1. The Kier molecular flexibility index (Phi) is 10.8. The summed E-state index contributed by atoms with van der Waals surface area (Å²) in [6.45, 7) is 3.60. The molecule has 0 spiro atoms. The molecular formula is C22H37IN4O3. The maximum absolute atomic E-state index is 5.93. The Morgan fingerprint density at radius 2 is 1.80 bits per heavy atom. The van der Waals surface area contributed by atoms with Gasteiger partial charge in [-0.05, 0) is 25.7 Å². The van der Waals surface area contributed by atoms with Crippen LogP contribution in [0.2, 0.25) is 0 Å². The average molecular weight is 532 g/mol. The molecule has 7 nitrogen and oxygen atoms in total. The molecule has 0 aromatic heterocycles. The molecule has 1 saturated carbocycles. The van der Waals surface area contributed by atoms with Crippen molar-refractivity contribution in [1.29, 1.82) is 0 Å². The third-order valence-corrected chi connectivity index (χ3v) is 5.72. The number of nitrogens with one attached hydrogen (secondary N) is 2. The van der Waals surface area contributed by atoms with Crippen LogP contribution in [-0.4, -0.2) is 65.6 Å². The van der Waals surface area contributed by atoms with Gasteiger partial charge in [0, 0.05) is 63.2 Å². The molecule has 2 N–H and O–H groups in total. The number of hydrogen-bond donors (Lipinski definition) is 2. The highest BCUT2D eigenvalue weighted by molar-refractivity contribution is 14.0. The number of hydrogen-bond acceptors (Lipinski definition) is 5. The van der Waals surface area contributed by atoms with Crippen molar-refractivity contribution in [1.82, 2.24) is 10.6 Å². The SMILES string of the molecule is CN=C(NCCCOC1CCCC1)NC1CCN(c2cc(OC)cc(OC)c2)C1.I. The first kappa shape index (κ1) is 24.8. The number of rotatable bonds is 9. The van der Waals surface area contributed by atoms with Crippen LogP contribution in [0.5, 0.6) is 11.5 Å². The molecule has 1 aliphatic carbocycles. The number of methoxy groups -OCH3 is 2. The molecule has 0 bridgehead atoms. The third kappa shape index (κ3) is 7.37. The smallest absolute Gasteiger partial charge is 0.191 e. The molecule has 1 atom stereocenters. The molecule has 1 saturated heterocycles. The molecule has 8 heteroatoms. The van der Waals surface area contributed by atoms with Gasteiger partial charge in [-0.3, -0.25) is 4.99 Å². The summed E-state index contributed by atoms with van der Waals surface area (Å²) in [7, 11) is 5.19. The zero-order valence-electron chi connectivity index (χ0n) is 18.5. The average Bonchev–Trinajstić information content (AvgIpc) is 3.44. The fourth-order valence-corrected chi connectivity index (χ4v) is 4.06. The predicted molar refractivity (Wildman–Crippen MR) is 133 cm³/mol. The van der Waals surface area contributed by atoms with Gasteiger partial charge in [0.2, 0.25) is 0 Å². The molecule has 0 radical (unpaired) electrons. The first-order chi connectivity index (χ1) is 14.2. The number of anilines is 1. The van der Waals surface area contributed by atoms with E-state index in [4.69, 9.17) is 14.2 Å². The molecule has 2 aliphatic rings. The van der Waals surface area contributed by atoms with Crippen molar-refractivity contribution in [2.75, 3.05) is 52.4 Å². The highest BCUT2D eigenvalue weighted by Gasteiger charge is 2.24. The molecule has 2 fully saturated rings. The van der Waals surface area contributed by atoms with Crippen LogP contribution in [0.3, 0.4) is 0 Å². The second-order valence-corrected chi connectivity index (χ2v) is 7.78. The van der Waals surface area contributed by atoms with Crippen molar-refractivity contribution in [3.05, 3.63) is 18.2 Å². The molecule has 1 aliphatic heterocycles. The number of ether oxygens (including phenoxy) is 3. The van der Waals surface area contributed by atoms with E-state index in [1.165, 1.54) is 25.7 Å². The third-order valence-electron chi connectivity index (χ3n) is 5.72. The van der Waals surface area contributed by atoms with E-state index in [1.807, 2.05) is 13.1 Å². The van der Waals surface area contributed by atoms with Gasteiger partial charge in [-0.2, -0.15) is 0 Å². The van der Waals surface area contributed by atoms with Gasteiger partial charge in [0.25, 0.3) is 0 Å². The van der Waals surface area contributed by atoms with Gasteiger partial charge in [0.1, 0.15) is 11.5 Å². The van der Waals surface area contributed by atoms with Crippen molar-refractivity contribution >= 4 is 35.6 Å². The Labute approximate surface area is 197 Å². The topological polar surface area (TPSA) is 67.4 Å². The minimum Gasteiger partial charge on any atom is -0.497 e. The Bertz CT molecular complexity index is 646. The van der Waals surface area contributed by atoms with Crippen molar-refractivity contribution in [3.63, 3.8) is 0 Å². The zero-order chi connectivity index (χ0) is 20.5. The van der Waals surface area contributed by atoms with E-state index in [0.717, 1.165) is 62.2 Å². The van der Waals surface area contributed by atoms with Crippen molar-refractivity contribution in [2.24, 2.45) is 4.99 Å². The van der Waals surface area contributed by atoms with Crippen molar-refractivity contribution < 1.29 is 14.2 Å². The van der Waals surface area contributed by atoms with Gasteiger partial charge in [-0.25, -0.2) is 0 Å². The molecule has 170 valence electrons. The molecular weight excluding hydrogens is 495 g/mol. The van der Waals surface area contributed by atoms with Gasteiger partial charge in [0.15, 0.2) is 5.96 Å². The van der Waals surface area contributed by atoms with E-state index >= 15 is 0 Å². The van der Waals surface area contributed by atoms with Crippen LogP contribution >= 0.6 is 24.0 Å². The fourth-order valence-electron chi connectivity index (χ4n) is 4.06. The van der Waals surface area contributed by atoms with Crippen molar-refractivity contribution in [3.8, 4) is 11.5 Å². The number of halogens is 1. The maximum Gasteiger partial charge on any atom is 0.191 e. The van der Waals surface area contributed by atoms with Gasteiger partial charge in [-0.15, -0.1) is 24.0 Å². The first-order valence-electron chi connectivity index (χ1n) is 10.8. The van der Waals surface area contributed by atoms with Crippen LogP contribution in [0, 0.1) is 0 Å². The summed E-state index contributed by atoms with van der Waals surface area (Å²) in [5, 5.41) is 6.96. The lowest BCUT2D eigenvalue weighted by Crippen LogP contribution is -2.45. The molecule has 3 rings (SSSR count). The molecule has 1 aromatic carbocycles. The van der Waals surface area contributed by atoms with E-state index in [-0.39, 0.29) is 24.0 Å². The second kappa shape index (κ2) is 13.1. The largest absolute Gasteiger partial charge is 0.497 e.